The summed E-state index contributed by atoms with van der Waals surface area (Å²) in [6.45, 7) is 2.46. The van der Waals surface area contributed by atoms with E-state index in [1.165, 1.54) is 24.2 Å². The third kappa shape index (κ3) is 3.44. The highest BCUT2D eigenvalue weighted by molar-refractivity contribution is 6.11. The first-order valence-electron chi connectivity index (χ1n) is 11.6. The van der Waals surface area contributed by atoms with E-state index in [0.29, 0.717) is 5.92 Å². The number of carbonyl (C=O) groups excluding carboxylic acids is 3. The first-order valence-corrected chi connectivity index (χ1v) is 11.6. The second kappa shape index (κ2) is 7.77. The van der Waals surface area contributed by atoms with Crippen LogP contribution in [-0.2, 0) is 19.8 Å². The van der Waals surface area contributed by atoms with Crippen LogP contribution in [0.4, 0.5) is 0 Å². The van der Waals surface area contributed by atoms with Crippen molar-refractivity contribution in [2.75, 3.05) is 13.1 Å². The van der Waals surface area contributed by atoms with Crippen LogP contribution in [0.2, 0.25) is 0 Å². The van der Waals surface area contributed by atoms with Crippen molar-refractivity contribution in [1.29, 1.82) is 0 Å². The van der Waals surface area contributed by atoms with E-state index in [4.69, 9.17) is 0 Å². The molecule has 162 valence electrons. The number of hydrogen-bond acceptors (Lipinski definition) is 3. The number of likely N-dealkylation sites (tertiary alicyclic amines) is 2. The predicted octanol–water partition coefficient (Wildman–Crippen LogP) is 4.04. The molecule has 2 aromatic carbocycles. The Balaban J connectivity index is 1.36. The highest BCUT2D eigenvalue weighted by atomic mass is 16.2. The average Bonchev–Trinajstić information content (AvgIpc) is 3.02. The van der Waals surface area contributed by atoms with Crippen molar-refractivity contribution in [2.24, 2.45) is 5.92 Å². The van der Waals surface area contributed by atoms with Crippen molar-refractivity contribution in [3.05, 3.63) is 48.0 Å². The van der Waals surface area contributed by atoms with Gasteiger partial charge in [-0.1, -0.05) is 55.3 Å². The Morgan fingerprint density at radius 3 is 2.58 bits per heavy atom. The second-order valence-electron chi connectivity index (χ2n) is 9.70. The molecule has 5 nitrogen and oxygen atoms in total. The fourth-order valence-electron chi connectivity index (χ4n) is 5.96. The number of rotatable bonds is 3. The molecule has 31 heavy (non-hydrogen) atoms. The third-order valence-electron chi connectivity index (χ3n) is 7.77. The number of benzene rings is 2. The Labute approximate surface area is 183 Å². The van der Waals surface area contributed by atoms with Crippen LogP contribution < -0.4 is 0 Å². The smallest absolute Gasteiger partial charge is 0.243 e. The van der Waals surface area contributed by atoms with E-state index < -0.39 is 5.41 Å². The van der Waals surface area contributed by atoms with Gasteiger partial charge in [0.2, 0.25) is 17.7 Å². The Hall–Kier alpha value is -2.69. The molecule has 3 amide bonds. The SMILES string of the molecule is C[C@@]1(c2ccc3ccccc3c2)CC(=O)N(CC(=O)N2CCC[C@@H]3CCCC[C@@H]32)C1=O. The summed E-state index contributed by atoms with van der Waals surface area (Å²) in [7, 11) is 0. The van der Waals surface area contributed by atoms with Crippen molar-refractivity contribution >= 4 is 28.5 Å². The maximum Gasteiger partial charge on any atom is 0.243 e. The van der Waals surface area contributed by atoms with Crippen LogP contribution in [0.5, 0.6) is 0 Å². The van der Waals surface area contributed by atoms with E-state index in [1.807, 2.05) is 54.3 Å². The average molecular weight is 419 g/mol. The fraction of sp³-hybridized carbons (Fsp3) is 0.500. The van der Waals surface area contributed by atoms with Crippen LogP contribution >= 0.6 is 0 Å². The van der Waals surface area contributed by atoms with Gasteiger partial charge in [-0.05, 0) is 54.9 Å². The van der Waals surface area contributed by atoms with Crippen LogP contribution in [0.25, 0.3) is 10.8 Å². The summed E-state index contributed by atoms with van der Waals surface area (Å²) in [6.07, 6.45) is 6.97. The third-order valence-corrected chi connectivity index (χ3v) is 7.77. The topological polar surface area (TPSA) is 57.7 Å². The van der Waals surface area contributed by atoms with Gasteiger partial charge in [-0.3, -0.25) is 19.3 Å². The number of nitrogens with zero attached hydrogens (tertiary/aromatic N) is 2. The van der Waals surface area contributed by atoms with E-state index in [-0.39, 0.29) is 36.7 Å². The standard InChI is InChI=1S/C26H30N2O3/c1-26(21-13-12-18-7-2-3-9-20(18)15-21)16-23(29)28(25(26)31)17-24(30)27-14-6-10-19-8-4-5-11-22(19)27/h2-3,7,9,12-13,15,19,22H,4-6,8,10-11,14,16-17H2,1H3/t19-,22-,26-/m0/s1. The minimum Gasteiger partial charge on any atom is -0.338 e. The largest absolute Gasteiger partial charge is 0.338 e. The number of amides is 3. The zero-order chi connectivity index (χ0) is 21.6. The van der Waals surface area contributed by atoms with E-state index in [0.717, 1.165) is 42.1 Å². The van der Waals surface area contributed by atoms with Gasteiger partial charge in [0.05, 0.1) is 5.41 Å². The predicted molar refractivity (Wildman–Crippen MR) is 119 cm³/mol. The molecule has 2 saturated heterocycles. The fourth-order valence-corrected chi connectivity index (χ4v) is 5.96. The lowest BCUT2D eigenvalue weighted by Crippen LogP contribution is -2.53. The normalized spacial score (nSPS) is 28.8. The number of carbonyl (C=O) groups is 3. The van der Waals surface area contributed by atoms with Crippen LogP contribution in [0.1, 0.15) is 57.4 Å². The molecule has 2 aromatic rings. The maximum atomic E-state index is 13.4. The molecular formula is C26H30N2O3. The summed E-state index contributed by atoms with van der Waals surface area (Å²) in [6, 6.07) is 14.2. The van der Waals surface area contributed by atoms with Gasteiger partial charge in [-0.15, -0.1) is 0 Å². The highest BCUT2D eigenvalue weighted by Crippen LogP contribution is 2.39. The summed E-state index contributed by atoms with van der Waals surface area (Å²) in [4.78, 5) is 42.7. The van der Waals surface area contributed by atoms with Crippen molar-refractivity contribution < 1.29 is 14.4 Å². The van der Waals surface area contributed by atoms with Gasteiger partial charge >= 0.3 is 0 Å². The molecule has 5 heteroatoms. The molecular weight excluding hydrogens is 388 g/mol. The van der Waals surface area contributed by atoms with Crippen LogP contribution in [0.3, 0.4) is 0 Å². The molecule has 3 aliphatic rings. The molecule has 0 spiro atoms. The first kappa shape index (κ1) is 20.2. The number of fused-ring (bicyclic) bond motifs is 2. The molecule has 0 N–H and O–H groups in total. The van der Waals surface area contributed by atoms with Gasteiger partial charge in [0, 0.05) is 19.0 Å². The summed E-state index contributed by atoms with van der Waals surface area (Å²) < 4.78 is 0. The van der Waals surface area contributed by atoms with Crippen LogP contribution in [0, 0.1) is 5.92 Å². The summed E-state index contributed by atoms with van der Waals surface area (Å²) in [5.74, 6) is 0.0184. The second-order valence-corrected chi connectivity index (χ2v) is 9.70. The van der Waals surface area contributed by atoms with Gasteiger partial charge < -0.3 is 4.90 Å². The first-order chi connectivity index (χ1) is 15.0. The van der Waals surface area contributed by atoms with E-state index in [9.17, 15) is 14.4 Å². The molecule has 2 heterocycles. The summed E-state index contributed by atoms with van der Waals surface area (Å²) >= 11 is 0. The Morgan fingerprint density at radius 1 is 1.00 bits per heavy atom. The Morgan fingerprint density at radius 2 is 1.74 bits per heavy atom. The van der Waals surface area contributed by atoms with Gasteiger partial charge in [-0.25, -0.2) is 0 Å². The lowest BCUT2D eigenvalue weighted by molar-refractivity contribution is -0.149. The molecule has 5 rings (SSSR count). The van der Waals surface area contributed by atoms with Crippen molar-refractivity contribution in [3.8, 4) is 0 Å². The molecule has 1 aliphatic carbocycles. The van der Waals surface area contributed by atoms with E-state index >= 15 is 0 Å². The quantitative estimate of drug-likeness (QED) is 0.707. The molecule has 1 saturated carbocycles. The van der Waals surface area contributed by atoms with Gasteiger partial charge in [0.15, 0.2) is 0 Å². The molecule has 2 aliphatic heterocycles. The minimum absolute atomic E-state index is 0.0685. The number of piperidine rings is 1. The Bertz CT molecular complexity index is 1050. The van der Waals surface area contributed by atoms with Crippen molar-refractivity contribution in [3.63, 3.8) is 0 Å². The monoisotopic (exact) mass is 418 g/mol. The van der Waals surface area contributed by atoms with Gasteiger partial charge in [-0.2, -0.15) is 0 Å². The van der Waals surface area contributed by atoms with Crippen LogP contribution in [-0.4, -0.2) is 46.7 Å². The maximum absolute atomic E-state index is 13.4. The number of imide groups is 1. The zero-order valence-electron chi connectivity index (χ0n) is 18.2. The molecule has 0 unspecified atom stereocenters. The molecule has 3 atom stereocenters. The molecule has 0 bridgehead atoms. The molecule has 3 fully saturated rings. The van der Waals surface area contributed by atoms with Crippen molar-refractivity contribution in [2.45, 2.75) is 63.3 Å². The molecule has 0 radical (unpaired) electrons. The highest BCUT2D eigenvalue weighted by Gasteiger charge is 2.50. The van der Waals surface area contributed by atoms with Crippen LogP contribution in [0.15, 0.2) is 42.5 Å². The van der Waals surface area contributed by atoms with Gasteiger partial charge in [0.1, 0.15) is 6.54 Å². The van der Waals surface area contributed by atoms with Gasteiger partial charge in [0.25, 0.3) is 0 Å². The van der Waals surface area contributed by atoms with Crippen molar-refractivity contribution in [1.82, 2.24) is 9.80 Å². The lowest BCUT2D eigenvalue weighted by atomic mass is 9.78. The minimum atomic E-state index is -0.920. The summed E-state index contributed by atoms with van der Waals surface area (Å²) in [5, 5.41) is 2.15. The molecule has 0 aromatic heterocycles. The number of hydrogen-bond donors (Lipinski definition) is 0. The summed E-state index contributed by atoms with van der Waals surface area (Å²) in [5.41, 5.74) is -0.0822. The Kier molecular flexibility index (Phi) is 5.07. The lowest BCUT2D eigenvalue weighted by Gasteiger charge is -2.44. The van der Waals surface area contributed by atoms with E-state index in [2.05, 4.69) is 0 Å². The van der Waals surface area contributed by atoms with E-state index in [1.54, 1.807) is 0 Å². The zero-order valence-corrected chi connectivity index (χ0v) is 18.2.